The molecule has 0 unspecified atom stereocenters. The van der Waals surface area contributed by atoms with Crippen LogP contribution in [0.25, 0.3) is 0 Å². The molecule has 5 nitrogen and oxygen atoms in total. The van der Waals surface area contributed by atoms with Crippen LogP contribution >= 0.6 is 0 Å². The first-order chi connectivity index (χ1) is 8.52. The first-order valence-corrected chi connectivity index (χ1v) is 5.79. The summed E-state index contributed by atoms with van der Waals surface area (Å²) in [5.41, 5.74) is 1.12. The third kappa shape index (κ3) is 4.55. The van der Waals surface area contributed by atoms with E-state index in [1.807, 2.05) is 6.92 Å². The van der Waals surface area contributed by atoms with Crippen molar-refractivity contribution in [2.24, 2.45) is 5.92 Å². The fourth-order valence-electron chi connectivity index (χ4n) is 1.32. The maximum atomic E-state index is 11.5. The second kappa shape index (κ2) is 6.76. The van der Waals surface area contributed by atoms with Crippen LogP contribution in [0.4, 0.5) is 10.5 Å². The van der Waals surface area contributed by atoms with Gasteiger partial charge in [0.15, 0.2) is 5.78 Å². The molecule has 3 N–H and O–H groups in total. The summed E-state index contributed by atoms with van der Waals surface area (Å²) in [5, 5.41) is 14.1. The number of ketones is 1. The quantitative estimate of drug-likeness (QED) is 0.695. The van der Waals surface area contributed by atoms with Gasteiger partial charge in [-0.05, 0) is 25.0 Å². The molecule has 0 aliphatic rings. The highest BCUT2D eigenvalue weighted by atomic mass is 16.3. The van der Waals surface area contributed by atoms with Crippen molar-refractivity contribution < 1.29 is 14.7 Å². The average molecular weight is 250 g/mol. The Morgan fingerprint density at radius 3 is 2.72 bits per heavy atom. The number of rotatable bonds is 5. The lowest BCUT2D eigenvalue weighted by Crippen LogP contribution is -2.33. The van der Waals surface area contributed by atoms with E-state index in [2.05, 4.69) is 10.6 Å². The van der Waals surface area contributed by atoms with Gasteiger partial charge in [-0.25, -0.2) is 4.79 Å². The lowest BCUT2D eigenvalue weighted by Gasteiger charge is -2.11. The number of benzene rings is 1. The van der Waals surface area contributed by atoms with Crippen molar-refractivity contribution in [1.82, 2.24) is 5.32 Å². The summed E-state index contributed by atoms with van der Waals surface area (Å²) in [6, 6.07) is 6.39. The summed E-state index contributed by atoms with van der Waals surface area (Å²) in [6.07, 6.45) is 0. The first-order valence-electron chi connectivity index (χ1n) is 5.79. The molecule has 0 aliphatic carbocycles. The molecule has 0 aromatic heterocycles. The summed E-state index contributed by atoms with van der Waals surface area (Å²) < 4.78 is 0. The van der Waals surface area contributed by atoms with Gasteiger partial charge in [0.05, 0.1) is 0 Å². The maximum absolute atomic E-state index is 11.5. The fourth-order valence-corrected chi connectivity index (χ4v) is 1.32. The molecule has 0 spiro atoms. The number of aliphatic hydroxyl groups is 1. The largest absolute Gasteiger partial charge is 0.396 e. The predicted octanol–water partition coefficient (Wildman–Crippen LogP) is 1.64. The van der Waals surface area contributed by atoms with Crippen molar-refractivity contribution >= 4 is 17.5 Å². The van der Waals surface area contributed by atoms with E-state index in [0.29, 0.717) is 17.8 Å². The van der Waals surface area contributed by atoms with Crippen LogP contribution in [0.2, 0.25) is 0 Å². The van der Waals surface area contributed by atoms with E-state index < -0.39 is 0 Å². The molecule has 1 rings (SSSR count). The molecule has 0 radical (unpaired) electrons. The van der Waals surface area contributed by atoms with Crippen molar-refractivity contribution in [1.29, 1.82) is 0 Å². The molecular formula is C13H18N2O3. The van der Waals surface area contributed by atoms with E-state index in [4.69, 9.17) is 5.11 Å². The number of aliphatic hydroxyl groups excluding tert-OH is 1. The number of amides is 2. The lowest BCUT2D eigenvalue weighted by atomic mass is 10.1. The number of urea groups is 1. The number of carbonyl (C=O) groups is 2. The minimum Gasteiger partial charge on any atom is -0.396 e. The van der Waals surface area contributed by atoms with E-state index in [0.717, 1.165) is 0 Å². The van der Waals surface area contributed by atoms with Crippen molar-refractivity contribution in [3.63, 3.8) is 0 Å². The Labute approximate surface area is 106 Å². The summed E-state index contributed by atoms with van der Waals surface area (Å²) >= 11 is 0. The molecule has 2 amide bonds. The summed E-state index contributed by atoms with van der Waals surface area (Å²) in [7, 11) is 0. The number of hydrogen-bond donors (Lipinski definition) is 3. The minimum atomic E-state index is -0.351. The molecule has 0 saturated heterocycles. The number of nitrogens with one attached hydrogen (secondary N) is 2. The van der Waals surface area contributed by atoms with Crippen LogP contribution in [0.3, 0.4) is 0 Å². The molecule has 0 aliphatic heterocycles. The van der Waals surface area contributed by atoms with Crippen molar-refractivity contribution in [2.75, 3.05) is 18.5 Å². The molecule has 18 heavy (non-hydrogen) atoms. The molecule has 98 valence electrons. The average Bonchev–Trinajstić information content (AvgIpc) is 2.36. The van der Waals surface area contributed by atoms with Crippen LogP contribution in [0.1, 0.15) is 24.2 Å². The Kier molecular flexibility index (Phi) is 5.32. The van der Waals surface area contributed by atoms with Crippen LogP contribution in [-0.2, 0) is 0 Å². The highest BCUT2D eigenvalue weighted by Crippen LogP contribution is 2.10. The van der Waals surface area contributed by atoms with Crippen LogP contribution in [0.15, 0.2) is 24.3 Å². The number of hydrogen-bond acceptors (Lipinski definition) is 3. The Morgan fingerprint density at radius 2 is 2.11 bits per heavy atom. The van der Waals surface area contributed by atoms with Gasteiger partial charge in [0.2, 0.25) is 0 Å². The van der Waals surface area contributed by atoms with Gasteiger partial charge in [0, 0.05) is 24.4 Å². The summed E-state index contributed by atoms with van der Waals surface area (Å²) in [5.74, 6) is -0.0349. The normalized spacial score (nSPS) is 11.7. The zero-order valence-corrected chi connectivity index (χ0v) is 10.6. The predicted molar refractivity (Wildman–Crippen MR) is 69.7 cm³/mol. The van der Waals surface area contributed by atoms with Crippen LogP contribution < -0.4 is 10.6 Å². The Bertz CT molecular complexity index is 432. The third-order valence-electron chi connectivity index (χ3n) is 2.45. The highest BCUT2D eigenvalue weighted by Gasteiger charge is 2.06. The van der Waals surface area contributed by atoms with Gasteiger partial charge in [-0.1, -0.05) is 19.1 Å². The molecule has 0 saturated carbocycles. The summed E-state index contributed by atoms with van der Waals surface area (Å²) in [6.45, 7) is 3.73. The number of carbonyl (C=O) groups excluding carboxylic acids is 2. The SMILES string of the molecule is CC(=O)c1cccc(NC(=O)NC[C@H](C)CO)c1. The molecule has 0 fully saturated rings. The number of Topliss-reactive ketones (excluding diaryl/α,β-unsaturated/α-hetero) is 1. The van der Waals surface area contributed by atoms with Crippen molar-refractivity contribution in [3.8, 4) is 0 Å². The van der Waals surface area contributed by atoms with Crippen LogP contribution in [-0.4, -0.2) is 30.1 Å². The molecule has 0 bridgehead atoms. The van der Waals surface area contributed by atoms with Crippen molar-refractivity contribution in [2.45, 2.75) is 13.8 Å². The van der Waals surface area contributed by atoms with E-state index in [-0.39, 0.29) is 24.3 Å². The Balaban J connectivity index is 2.54. The van der Waals surface area contributed by atoms with E-state index in [1.165, 1.54) is 6.92 Å². The van der Waals surface area contributed by atoms with Crippen LogP contribution in [0, 0.1) is 5.92 Å². The molecule has 1 atom stereocenters. The Hall–Kier alpha value is -1.88. The third-order valence-corrected chi connectivity index (χ3v) is 2.45. The molecule has 5 heteroatoms. The van der Waals surface area contributed by atoms with E-state index >= 15 is 0 Å². The Morgan fingerprint density at radius 1 is 1.39 bits per heavy atom. The van der Waals surface area contributed by atoms with Gasteiger partial charge < -0.3 is 15.7 Å². The lowest BCUT2D eigenvalue weighted by molar-refractivity contribution is 0.101. The van der Waals surface area contributed by atoms with Gasteiger partial charge in [0.25, 0.3) is 0 Å². The van der Waals surface area contributed by atoms with Gasteiger partial charge in [-0.3, -0.25) is 4.79 Å². The van der Waals surface area contributed by atoms with Crippen molar-refractivity contribution in [3.05, 3.63) is 29.8 Å². The zero-order chi connectivity index (χ0) is 13.5. The van der Waals surface area contributed by atoms with E-state index in [1.54, 1.807) is 24.3 Å². The monoisotopic (exact) mass is 250 g/mol. The first kappa shape index (κ1) is 14.2. The second-order valence-electron chi connectivity index (χ2n) is 4.26. The van der Waals surface area contributed by atoms with Gasteiger partial charge in [-0.15, -0.1) is 0 Å². The standard InChI is InChI=1S/C13H18N2O3/c1-9(8-16)7-14-13(18)15-12-5-3-4-11(6-12)10(2)17/h3-6,9,16H,7-8H2,1-2H3,(H2,14,15,18)/t9-/m0/s1. The smallest absolute Gasteiger partial charge is 0.319 e. The molecular weight excluding hydrogens is 232 g/mol. The highest BCUT2D eigenvalue weighted by molar-refractivity contribution is 5.96. The van der Waals surface area contributed by atoms with Gasteiger partial charge in [-0.2, -0.15) is 0 Å². The fraction of sp³-hybridized carbons (Fsp3) is 0.385. The molecule has 1 aromatic rings. The maximum Gasteiger partial charge on any atom is 0.319 e. The topological polar surface area (TPSA) is 78.4 Å². The molecule has 0 heterocycles. The van der Waals surface area contributed by atoms with Crippen LogP contribution in [0.5, 0.6) is 0 Å². The summed E-state index contributed by atoms with van der Waals surface area (Å²) in [4.78, 5) is 22.7. The molecule has 1 aromatic carbocycles. The van der Waals surface area contributed by atoms with Gasteiger partial charge >= 0.3 is 6.03 Å². The zero-order valence-electron chi connectivity index (χ0n) is 10.6. The minimum absolute atomic E-state index is 0.0132. The second-order valence-corrected chi connectivity index (χ2v) is 4.26. The van der Waals surface area contributed by atoms with E-state index in [9.17, 15) is 9.59 Å². The van der Waals surface area contributed by atoms with Gasteiger partial charge in [0.1, 0.15) is 0 Å². The number of anilines is 1.